The lowest BCUT2D eigenvalue weighted by Gasteiger charge is -2.29. The first-order chi connectivity index (χ1) is 9.70. The minimum atomic E-state index is 0.127. The predicted molar refractivity (Wildman–Crippen MR) is 79.3 cm³/mol. The van der Waals surface area contributed by atoms with Gasteiger partial charge in [0.2, 0.25) is 5.91 Å². The van der Waals surface area contributed by atoms with Crippen molar-refractivity contribution in [1.82, 2.24) is 0 Å². The molecule has 2 aliphatic carbocycles. The van der Waals surface area contributed by atoms with Crippen LogP contribution in [0.4, 0.5) is 5.69 Å². The number of amides is 1. The van der Waals surface area contributed by atoms with Crippen molar-refractivity contribution in [3.05, 3.63) is 29.3 Å². The van der Waals surface area contributed by atoms with Gasteiger partial charge in [0.05, 0.1) is 0 Å². The van der Waals surface area contributed by atoms with Crippen molar-refractivity contribution in [3.63, 3.8) is 0 Å². The van der Waals surface area contributed by atoms with Crippen molar-refractivity contribution in [2.75, 3.05) is 5.32 Å². The number of hydrogen-bond donors (Lipinski definition) is 2. The van der Waals surface area contributed by atoms with E-state index in [4.69, 9.17) is 5.73 Å². The molecule has 0 spiro atoms. The zero-order valence-corrected chi connectivity index (χ0v) is 11.8. The van der Waals surface area contributed by atoms with Crippen molar-refractivity contribution in [3.8, 4) is 0 Å². The topological polar surface area (TPSA) is 55.1 Å². The fourth-order valence-electron chi connectivity index (χ4n) is 4.59. The minimum absolute atomic E-state index is 0.127. The fourth-order valence-corrected chi connectivity index (χ4v) is 4.59. The van der Waals surface area contributed by atoms with Gasteiger partial charge in [0.1, 0.15) is 0 Å². The van der Waals surface area contributed by atoms with E-state index in [1.165, 1.54) is 36.8 Å². The molecule has 1 aromatic carbocycles. The standard InChI is InChI=1S/C17H22N2O/c18-17(14-8-10-1-2-11(14)7-10)13-3-5-15-12(9-13)4-6-16(20)19-15/h3,5,9-11,14,17H,1-2,4,6-8,18H2,(H,19,20). The maximum absolute atomic E-state index is 11.4. The Balaban J connectivity index is 1.58. The highest BCUT2D eigenvalue weighted by Gasteiger charge is 2.42. The van der Waals surface area contributed by atoms with Crippen molar-refractivity contribution in [1.29, 1.82) is 0 Å². The average molecular weight is 270 g/mol. The molecule has 1 heterocycles. The van der Waals surface area contributed by atoms with Crippen LogP contribution in [0.5, 0.6) is 0 Å². The Kier molecular flexibility index (Phi) is 2.84. The first-order valence-electron chi connectivity index (χ1n) is 7.89. The van der Waals surface area contributed by atoms with Crippen LogP contribution in [0.1, 0.15) is 49.3 Å². The summed E-state index contributed by atoms with van der Waals surface area (Å²) in [5.41, 5.74) is 10.0. The van der Waals surface area contributed by atoms with Crippen molar-refractivity contribution >= 4 is 11.6 Å². The number of benzene rings is 1. The van der Waals surface area contributed by atoms with Gasteiger partial charge < -0.3 is 11.1 Å². The van der Waals surface area contributed by atoms with E-state index in [1.54, 1.807) is 0 Å². The summed E-state index contributed by atoms with van der Waals surface area (Å²) in [6, 6.07) is 6.55. The van der Waals surface area contributed by atoms with E-state index >= 15 is 0 Å². The van der Waals surface area contributed by atoms with Gasteiger partial charge in [-0.1, -0.05) is 18.6 Å². The Morgan fingerprint density at radius 3 is 2.85 bits per heavy atom. The van der Waals surface area contributed by atoms with Gasteiger partial charge in [0, 0.05) is 18.2 Å². The molecule has 2 fully saturated rings. The number of nitrogens with two attached hydrogens (primary N) is 1. The Labute approximate surface area is 119 Å². The van der Waals surface area contributed by atoms with Crippen LogP contribution in [-0.2, 0) is 11.2 Å². The Morgan fingerprint density at radius 2 is 2.10 bits per heavy atom. The number of anilines is 1. The van der Waals surface area contributed by atoms with E-state index in [0.29, 0.717) is 12.3 Å². The molecule has 3 nitrogen and oxygen atoms in total. The van der Waals surface area contributed by atoms with Crippen LogP contribution in [0.25, 0.3) is 0 Å². The number of aryl methyl sites for hydroxylation is 1. The summed E-state index contributed by atoms with van der Waals surface area (Å²) in [4.78, 5) is 11.4. The molecule has 3 heteroatoms. The van der Waals surface area contributed by atoms with Crippen molar-refractivity contribution in [2.24, 2.45) is 23.5 Å². The molecule has 4 rings (SSSR count). The molecule has 20 heavy (non-hydrogen) atoms. The molecule has 0 saturated heterocycles. The second-order valence-corrected chi connectivity index (χ2v) is 6.83. The summed E-state index contributed by atoms with van der Waals surface area (Å²) in [5.74, 6) is 2.59. The average Bonchev–Trinajstić information content (AvgIpc) is 3.08. The summed E-state index contributed by atoms with van der Waals surface area (Å²) >= 11 is 0. The van der Waals surface area contributed by atoms with Gasteiger partial charge in [0.15, 0.2) is 0 Å². The molecule has 0 aromatic heterocycles. The molecule has 4 atom stereocenters. The van der Waals surface area contributed by atoms with Crippen LogP contribution in [0, 0.1) is 17.8 Å². The van der Waals surface area contributed by atoms with E-state index in [2.05, 4.69) is 17.4 Å². The van der Waals surface area contributed by atoms with Gasteiger partial charge in [0.25, 0.3) is 0 Å². The zero-order valence-electron chi connectivity index (χ0n) is 11.8. The maximum Gasteiger partial charge on any atom is 0.224 e. The molecule has 3 N–H and O–H groups in total. The molecule has 3 aliphatic rings. The molecule has 4 unspecified atom stereocenters. The fraction of sp³-hybridized carbons (Fsp3) is 0.588. The smallest absolute Gasteiger partial charge is 0.224 e. The number of nitrogens with one attached hydrogen (secondary N) is 1. The summed E-state index contributed by atoms with van der Waals surface area (Å²) in [5, 5.41) is 2.94. The van der Waals surface area contributed by atoms with Gasteiger partial charge in [-0.05, 0) is 60.6 Å². The lowest BCUT2D eigenvalue weighted by atomic mass is 9.80. The van der Waals surface area contributed by atoms with Crippen LogP contribution in [-0.4, -0.2) is 5.91 Å². The first-order valence-corrected chi connectivity index (χ1v) is 7.89. The predicted octanol–water partition coefficient (Wildman–Crippen LogP) is 3.01. The van der Waals surface area contributed by atoms with Crippen LogP contribution >= 0.6 is 0 Å². The molecular weight excluding hydrogens is 248 g/mol. The normalized spacial score (nSPS) is 32.9. The molecule has 2 saturated carbocycles. The maximum atomic E-state index is 11.4. The highest BCUT2D eigenvalue weighted by atomic mass is 16.1. The number of carbonyl (C=O) groups is 1. The summed E-state index contributed by atoms with van der Waals surface area (Å²) in [6.07, 6.45) is 6.96. The van der Waals surface area contributed by atoms with Gasteiger partial charge in [-0.15, -0.1) is 0 Å². The van der Waals surface area contributed by atoms with Gasteiger partial charge in [-0.25, -0.2) is 0 Å². The first kappa shape index (κ1) is 12.4. The van der Waals surface area contributed by atoms with E-state index < -0.39 is 0 Å². The molecule has 1 aromatic rings. The third-order valence-corrected chi connectivity index (χ3v) is 5.66. The van der Waals surface area contributed by atoms with Gasteiger partial charge in [-0.2, -0.15) is 0 Å². The molecule has 2 bridgehead atoms. The second kappa shape index (κ2) is 4.59. The van der Waals surface area contributed by atoms with Crippen molar-refractivity contribution < 1.29 is 4.79 Å². The van der Waals surface area contributed by atoms with E-state index in [9.17, 15) is 4.79 Å². The number of hydrogen-bond acceptors (Lipinski definition) is 2. The zero-order chi connectivity index (χ0) is 13.7. The third kappa shape index (κ3) is 1.96. The van der Waals surface area contributed by atoms with E-state index in [-0.39, 0.29) is 11.9 Å². The molecule has 1 aliphatic heterocycles. The summed E-state index contributed by atoms with van der Waals surface area (Å²) in [7, 11) is 0. The van der Waals surface area contributed by atoms with Crippen LogP contribution in [0.3, 0.4) is 0 Å². The van der Waals surface area contributed by atoms with Gasteiger partial charge in [-0.3, -0.25) is 4.79 Å². The number of rotatable bonds is 2. The Hall–Kier alpha value is -1.35. The third-order valence-electron chi connectivity index (χ3n) is 5.66. The SMILES string of the molecule is NC(c1ccc2c(c1)CCC(=O)N2)C1CC2CCC1C2. The largest absolute Gasteiger partial charge is 0.326 e. The Morgan fingerprint density at radius 1 is 1.20 bits per heavy atom. The highest BCUT2D eigenvalue weighted by molar-refractivity contribution is 5.93. The van der Waals surface area contributed by atoms with Crippen LogP contribution in [0.15, 0.2) is 18.2 Å². The summed E-state index contributed by atoms with van der Waals surface area (Å²) in [6.45, 7) is 0. The number of fused-ring (bicyclic) bond motifs is 3. The monoisotopic (exact) mass is 270 g/mol. The summed E-state index contributed by atoms with van der Waals surface area (Å²) < 4.78 is 0. The number of carbonyl (C=O) groups excluding carboxylic acids is 1. The lowest BCUT2D eigenvalue weighted by molar-refractivity contribution is -0.116. The highest BCUT2D eigenvalue weighted by Crippen LogP contribution is 2.52. The van der Waals surface area contributed by atoms with Crippen LogP contribution < -0.4 is 11.1 Å². The molecule has 1 amide bonds. The second-order valence-electron chi connectivity index (χ2n) is 6.83. The van der Waals surface area contributed by atoms with Crippen LogP contribution in [0.2, 0.25) is 0 Å². The molecule has 106 valence electrons. The molecular formula is C17H22N2O. The minimum Gasteiger partial charge on any atom is -0.326 e. The lowest BCUT2D eigenvalue weighted by Crippen LogP contribution is -2.26. The Bertz CT molecular complexity index is 554. The van der Waals surface area contributed by atoms with E-state index in [1.807, 2.05) is 6.07 Å². The van der Waals surface area contributed by atoms with Gasteiger partial charge >= 0.3 is 0 Å². The molecule has 0 radical (unpaired) electrons. The quantitative estimate of drug-likeness (QED) is 0.868. The van der Waals surface area contributed by atoms with Crippen molar-refractivity contribution in [2.45, 2.75) is 44.6 Å². The van der Waals surface area contributed by atoms with E-state index in [0.717, 1.165) is 23.9 Å².